The molecule has 3 heteroatoms. The fourth-order valence-electron chi connectivity index (χ4n) is 1.46. The topological polar surface area (TPSA) is 58.6 Å². The van der Waals surface area contributed by atoms with Crippen molar-refractivity contribution in [1.29, 1.82) is 0 Å². The van der Waals surface area contributed by atoms with Gasteiger partial charge in [-0.3, -0.25) is 0 Å². The van der Waals surface area contributed by atoms with Gasteiger partial charge >= 0.3 is 0 Å². The summed E-state index contributed by atoms with van der Waals surface area (Å²) >= 11 is 0. The van der Waals surface area contributed by atoms with E-state index in [-0.39, 0.29) is 11.3 Å². The molecule has 3 nitrogen and oxygen atoms in total. The lowest BCUT2D eigenvalue weighted by Crippen LogP contribution is -2.13. The molecule has 0 spiro atoms. The van der Waals surface area contributed by atoms with Crippen LogP contribution in [-0.4, -0.2) is 11.0 Å². The van der Waals surface area contributed by atoms with E-state index in [0.29, 0.717) is 0 Å². The quantitative estimate of drug-likeness (QED) is 0.338. The molecule has 1 aromatic rings. The van der Waals surface area contributed by atoms with Crippen LogP contribution in [-0.2, 0) is 6.42 Å². The van der Waals surface area contributed by atoms with Crippen molar-refractivity contribution in [2.24, 2.45) is 16.3 Å². The first kappa shape index (κ1) is 11.6. The number of hydrogen-bond donors (Lipinski definition) is 2. The average molecular weight is 206 g/mol. The van der Waals surface area contributed by atoms with E-state index in [1.807, 2.05) is 24.3 Å². The number of amidine groups is 1. The Kier molecular flexibility index (Phi) is 3.35. The van der Waals surface area contributed by atoms with Crippen LogP contribution < -0.4 is 5.73 Å². The van der Waals surface area contributed by atoms with Crippen molar-refractivity contribution in [1.82, 2.24) is 0 Å². The maximum absolute atomic E-state index is 8.51. The van der Waals surface area contributed by atoms with Crippen molar-refractivity contribution < 1.29 is 5.21 Å². The van der Waals surface area contributed by atoms with Crippen molar-refractivity contribution in [2.75, 3.05) is 0 Å². The van der Waals surface area contributed by atoms with Crippen molar-refractivity contribution in [3.8, 4) is 0 Å². The minimum absolute atomic E-state index is 0.150. The second kappa shape index (κ2) is 4.34. The number of nitrogens with zero attached hydrogens (tertiary/aromatic N) is 1. The van der Waals surface area contributed by atoms with Gasteiger partial charge in [-0.2, -0.15) is 0 Å². The van der Waals surface area contributed by atoms with E-state index in [2.05, 4.69) is 25.9 Å². The third-order valence-corrected chi connectivity index (χ3v) is 2.09. The maximum Gasteiger partial charge on any atom is 0.170 e. The predicted octanol–water partition coefficient (Wildman–Crippen LogP) is 2.37. The molecule has 0 amide bonds. The van der Waals surface area contributed by atoms with Gasteiger partial charge in [0.05, 0.1) is 0 Å². The summed E-state index contributed by atoms with van der Waals surface area (Å²) in [4.78, 5) is 0. The Morgan fingerprint density at radius 2 is 1.80 bits per heavy atom. The SMILES string of the molecule is CC(C)(C)Cc1ccc(C(N)=NO)cc1. The van der Waals surface area contributed by atoms with E-state index in [0.717, 1.165) is 12.0 Å². The molecule has 15 heavy (non-hydrogen) atoms. The van der Waals surface area contributed by atoms with E-state index in [4.69, 9.17) is 10.9 Å². The Morgan fingerprint density at radius 1 is 1.27 bits per heavy atom. The van der Waals surface area contributed by atoms with Gasteiger partial charge in [-0.15, -0.1) is 0 Å². The number of benzene rings is 1. The zero-order valence-electron chi connectivity index (χ0n) is 9.49. The van der Waals surface area contributed by atoms with E-state index in [1.165, 1.54) is 5.56 Å². The summed E-state index contributed by atoms with van der Waals surface area (Å²) in [5, 5.41) is 11.5. The van der Waals surface area contributed by atoms with Crippen LogP contribution in [0.1, 0.15) is 31.9 Å². The first-order valence-corrected chi connectivity index (χ1v) is 4.99. The Labute approximate surface area is 90.6 Å². The Balaban J connectivity index is 2.82. The van der Waals surface area contributed by atoms with E-state index in [9.17, 15) is 0 Å². The van der Waals surface area contributed by atoms with Gasteiger partial charge in [0.25, 0.3) is 0 Å². The van der Waals surface area contributed by atoms with E-state index >= 15 is 0 Å². The number of rotatable bonds is 2. The summed E-state index contributed by atoms with van der Waals surface area (Å²) in [6.07, 6.45) is 1.02. The molecule has 0 unspecified atom stereocenters. The monoisotopic (exact) mass is 206 g/mol. The Bertz CT molecular complexity index is 347. The lowest BCUT2D eigenvalue weighted by atomic mass is 9.88. The third kappa shape index (κ3) is 3.62. The van der Waals surface area contributed by atoms with Crippen LogP contribution in [0, 0.1) is 5.41 Å². The summed E-state index contributed by atoms with van der Waals surface area (Å²) in [5.74, 6) is 0.150. The molecule has 82 valence electrons. The molecule has 0 fully saturated rings. The molecule has 0 aliphatic heterocycles. The summed E-state index contributed by atoms with van der Waals surface area (Å²) in [5.41, 5.74) is 7.75. The van der Waals surface area contributed by atoms with Crippen LogP contribution in [0.2, 0.25) is 0 Å². The fraction of sp³-hybridized carbons (Fsp3) is 0.417. The highest BCUT2D eigenvalue weighted by molar-refractivity contribution is 5.96. The molecular formula is C12H18N2O. The van der Waals surface area contributed by atoms with Gasteiger partial charge in [0.2, 0.25) is 0 Å². The molecule has 1 rings (SSSR count). The van der Waals surface area contributed by atoms with Crippen LogP contribution in [0.3, 0.4) is 0 Å². The standard InChI is InChI=1S/C12H18N2O/c1-12(2,3)8-9-4-6-10(7-5-9)11(13)14-15/h4-7,15H,8H2,1-3H3,(H2,13,14). The van der Waals surface area contributed by atoms with Crippen LogP contribution in [0.4, 0.5) is 0 Å². The highest BCUT2D eigenvalue weighted by atomic mass is 16.4. The Hall–Kier alpha value is -1.51. The second-order valence-corrected chi connectivity index (χ2v) is 4.92. The largest absolute Gasteiger partial charge is 0.409 e. The molecule has 0 heterocycles. The molecular weight excluding hydrogens is 188 g/mol. The lowest BCUT2D eigenvalue weighted by Gasteiger charge is -2.18. The second-order valence-electron chi connectivity index (χ2n) is 4.92. The molecule has 3 N–H and O–H groups in total. The van der Waals surface area contributed by atoms with Gasteiger partial charge in [-0.1, -0.05) is 50.2 Å². The summed E-state index contributed by atoms with van der Waals surface area (Å²) in [6, 6.07) is 7.77. The normalized spacial score (nSPS) is 12.9. The van der Waals surface area contributed by atoms with Crippen molar-refractivity contribution in [3.63, 3.8) is 0 Å². The minimum Gasteiger partial charge on any atom is -0.409 e. The average Bonchev–Trinajstić information content (AvgIpc) is 2.15. The van der Waals surface area contributed by atoms with Crippen LogP contribution in [0.5, 0.6) is 0 Å². The highest BCUT2D eigenvalue weighted by Gasteiger charge is 2.11. The van der Waals surface area contributed by atoms with E-state index < -0.39 is 0 Å². The van der Waals surface area contributed by atoms with Crippen LogP contribution in [0.25, 0.3) is 0 Å². The molecule has 0 radical (unpaired) electrons. The third-order valence-electron chi connectivity index (χ3n) is 2.09. The van der Waals surface area contributed by atoms with Gasteiger partial charge < -0.3 is 10.9 Å². The fourth-order valence-corrected chi connectivity index (χ4v) is 1.46. The van der Waals surface area contributed by atoms with Gasteiger partial charge in [-0.05, 0) is 17.4 Å². The first-order chi connectivity index (χ1) is 6.92. The molecule has 0 saturated carbocycles. The molecule has 0 aliphatic rings. The highest BCUT2D eigenvalue weighted by Crippen LogP contribution is 2.20. The summed E-state index contributed by atoms with van der Waals surface area (Å²) < 4.78 is 0. The first-order valence-electron chi connectivity index (χ1n) is 4.99. The van der Waals surface area contributed by atoms with Gasteiger partial charge in [0, 0.05) is 5.56 Å². The molecule has 1 aromatic carbocycles. The molecule has 0 bridgehead atoms. The summed E-state index contributed by atoms with van der Waals surface area (Å²) in [7, 11) is 0. The lowest BCUT2D eigenvalue weighted by molar-refractivity contribution is 0.318. The number of hydrogen-bond acceptors (Lipinski definition) is 2. The number of oxime groups is 1. The van der Waals surface area contributed by atoms with Crippen molar-refractivity contribution in [3.05, 3.63) is 35.4 Å². The molecule has 0 atom stereocenters. The van der Waals surface area contributed by atoms with Gasteiger partial charge in [-0.25, -0.2) is 0 Å². The molecule has 0 aliphatic carbocycles. The van der Waals surface area contributed by atoms with Gasteiger partial charge in [0.1, 0.15) is 0 Å². The van der Waals surface area contributed by atoms with Crippen molar-refractivity contribution in [2.45, 2.75) is 27.2 Å². The van der Waals surface area contributed by atoms with Gasteiger partial charge in [0.15, 0.2) is 5.84 Å². The smallest absolute Gasteiger partial charge is 0.170 e. The van der Waals surface area contributed by atoms with Crippen LogP contribution in [0.15, 0.2) is 29.4 Å². The minimum atomic E-state index is 0.150. The molecule has 0 aromatic heterocycles. The van der Waals surface area contributed by atoms with Crippen molar-refractivity contribution >= 4 is 5.84 Å². The Morgan fingerprint density at radius 3 is 2.20 bits per heavy atom. The number of nitrogens with two attached hydrogens (primary N) is 1. The van der Waals surface area contributed by atoms with E-state index in [1.54, 1.807) is 0 Å². The maximum atomic E-state index is 8.51. The van der Waals surface area contributed by atoms with Crippen LogP contribution >= 0.6 is 0 Å². The zero-order chi connectivity index (χ0) is 11.5. The summed E-state index contributed by atoms with van der Waals surface area (Å²) in [6.45, 7) is 6.60. The molecule has 0 saturated heterocycles. The zero-order valence-corrected chi connectivity index (χ0v) is 9.49. The predicted molar refractivity (Wildman–Crippen MR) is 62.1 cm³/mol.